The number of nitrogens with one attached hydrogen (secondary N) is 3. The molecule has 0 aliphatic heterocycles. The van der Waals surface area contributed by atoms with E-state index in [1.807, 2.05) is 13.8 Å². The molecule has 0 spiro atoms. The van der Waals surface area contributed by atoms with Gasteiger partial charge in [0, 0.05) is 5.02 Å². The fourth-order valence-corrected chi connectivity index (χ4v) is 6.83. The van der Waals surface area contributed by atoms with Crippen molar-refractivity contribution in [2.24, 2.45) is 29.1 Å². The van der Waals surface area contributed by atoms with Crippen LogP contribution in [0.4, 0.5) is 0 Å². The highest BCUT2D eigenvalue weighted by molar-refractivity contribution is 6.36. The molecule has 0 radical (unpaired) electrons. The van der Waals surface area contributed by atoms with Crippen LogP contribution in [0.15, 0.2) is 18.2 Å². The first-order valence-corrected chi connectivity index (χ1v) is 12.3. The minimum atomic E-state index is -0.800. The van der Waals surface area contributed by atoms with Crippen molar-refractivity contribution in [1.82, 2.24) is 16.2 Å². The molecule has 8 heteroatoms. The molecular formula is C24H31Cl2N3O3. The van der Waals surface area contributed by atoms with E-state index in [1.54, 1.807) is 6.07 Å². The highest BCUT2D eigenvalue weighted by Gasteiger charge is 2.54. The lowest BCUT2D eigenvalue weighted by Crippen LogP contribution is -2.59. The summed E-state index contributed by atoms with van der Waals surface area (Å²) in [5.41, 5.74) is 5.17. The Morgan fingerprint density at radius 1 is 1.00 bits per heavy atom. The van der Waals surface area contributed by atoms with Crippen LogP contribution in [-0.4, -0.2) is 23.8 Å². The smallest absolute Gasteiger partial charge is 0.260 e. The Hall–Kier alpha value is -1.79. The van der Waals surface area contributed by atoms with Gasteiger partial charge in [-0.1, -0.05) is 37.0 Å². The van der Waals surface area contributed by atoms with Crippen molar-refractivity contribution in [2.45, 2.75) is 64.8 Å². The van der Waals surface area contributed by atoms with Gasteiger partial charge in [-0.2, -0.15) is 0 Å². The minimum absolute atomic E-state index is 0.0830. The van der Waals surface area contributed by atoms with E-state index >= 15 is 0 Å². The Bertz CT molecular complexity index is 882. The van der Waals surface area contributed by atoms with Gasteiger partial charge < -0.3 is 5.32 Å². The van der Waals surface area contributed by atoms with E-state index in [0.717, 1.165) is 19.3 Å². The molecule has 4 saturated carbocycles. The van der Waals surface area contributed by atoms with Gasteiger partial charge in [-0.05, 0) is 86.8 Å². The van der Waals surface area contributed by atoms with Gasteiger partial charge in [-0.15, -0.1) is 0 Å². The summed E-state index contributed by atoms with van der Waals surface area (Å²) in [6.07, 6.45) is 6.92. The summed E-state index contributed by atoms with van der Waals surface area (Å²) in [7, 11) is 0. The van der Waals surface area contributed by atoms with Crippen molar-refractivity contribution >= 4 is 40.9 Å². The number of hydrogen-bond donors (Lipinski definition) is 3. The first kappa shape index (κ1) is 23.4. The Kier molecular flexibility index (Phi) is 6.73. The average Bonchev–Trinajstić information content (AvgIpc) is 2.69. The van der Waals surface area contributed by atoms with Crippen LogP contribution in [0, 0.1) is 29.1 Å². The van der Waals surface area contributed by atoms with Crippen LogP contribution in [0.25, 0.3) is 0 Å². The summed E-state index contributed by atoms with van der Waals surface area (Å²) in [4.78, 5) is 38.8. The van der Waals surface area contributed by atoms with Gasteiger partial charge in [0.15, 0.2) is 0 Å². The minimum Gasteiger partial charge on any atom is -0.340 e. The standard InChI is InChI=1S/C24H31Cl2N3O3/c1-13(2)5-20(27-21(30)18-4-3-17(25)9-19(18)26)22(31)28-29-23(32)24-10-14-6-15(11-24)8-16(7-14)12-24/h3-4,9,13-16,20H,5-8,10-12H2,1-2H3,(H,27,30)(H,28,31)(H,29,32). The number of hydrogen-bond acceptors (Lipinski definition) is 3. The van der Waals surface area contributed by atoms with Crippen molar-refractivity contribution in [3.8, 4) is 0 Å². The SMILES string of the molecule is CC(C)CC(NC(=O)c1ccc(Cl)cc1Cl)C(=O)NNC(=O)C12CC3CC(CC(C3)C1)C2. The summed E-state index contributed by atoms with van der Waals surface area (Å²) in [6, 6.07) is 3.79. The third kappa shape index (κ3) is 4.91. The fraction of sp³-hybridized carbons (Fsp3) is 0.625. The molecule has 4 bridgehead atoms. The van der Waals surface area contributed by atoms with Crippen LogP contribution in [0.2, 0.25) is 10.0 Å². The number of halogens is 2. The molecule has 5 rings (SSSR count). The van der Waals surface area contributed by atoms with Gasteiger partial charge in [0.1, 0.15) is 6.04 Å². The van der Waals surface area contributed by atoms with Crippen LogP contribution in [0.5, 0.6) is 0 Å². The second-order valence-electron chi connectivity index (χ2n) is 10.4. The van der Waals surface area contributed by atoms with Crippen LogP contribution in [-0.2, 0) is 9.59 Å². The summed E-state index contributed by atoms with van der Waals surface area (Å²) < 4.78 is 0. The molecule has 1 unspecified atom stereocenters. The number of amides is 3. The van der Waals surface area contributed by atoms with Crippen LogP contribution in [0.1, 0.15) is 69.2 Å². The van der Waals surface area contributed by atoms with Gasteiger partial charge in [0.2, 0.25) is 5.91 Å². The van der Waals surface area contributed by atoms with E-state index in [-0.39, 0.29) is 27.8 Å². The van der Waals surface area contributed by atoms with Gasteiger partial charge >= 0.3 is 0 Å². The molecule has 1 aromatic rings. The molecule has 4 fully saturated rings. The zero-order valence-corrected chi connectivity index (χ0v) is 20.1. The summed E-state index contributed by atoms with van der Waals surface area (Å²) >= 11 is 12.1. The summed E-state index contributed by atoms with van der Waals surface area (Å²) in [5.74, 6) is 1.10. The number of carbonyl (C=O) groups is 3. The zero-order chi connectivity index (χ0) is 23.0. The molecule has 0 aromatic heterocycles. The van der Waals surface area contributed by atoms with E-state index in [0.29, 0.717) is 29.2 Å². The molecule has 4 aliphatic carbocycles. The van der Waals surface area contributed by atoms with Crippen molar-refractivity contribution in [1.29, 1.82) is 0 Å². The third-order valence-corrected chi connectivity index (χ3v) is 7.87. The Labute approximate surface area is 199 Å². The molecule has 4 aliphatic rings. The van der Waals surface area contributed by atoms with Gasteiger partial charge in [-0.25, -0.2) is 0 Å². The monoisotopic (exact) mass is 479 g/mol. The lowest BCUT2D eigenvalue weighted by Gasteiger charge is -2.55. The molecule has 0 saturated heterocycles. The molecule has 1 atom stereocenters. The summed E-state index contributed by atoms with van der Waals surface area (Å²) in [5, 5.41) is 3.40. The predicted molar refractivity (Wildman–Crippen MR) is 124 cm³/mol. The molecule has 3 amide bonds. The maximum Gasteiger partial charge on any atom is 0.260 e. The van der Waals surface area contributed by atoms with Crippen molar-refractivity contribution in [3.63, 3.8) is 0 Å². The van der Waals surface area contributed by atoms with Crippen LogP contribution < -0.4 is 16.2 Å². The second kappa shape index (κ2) is 9.22. The maximum atomic E-state index is 13.1. The van der Waals surface area contributed by atoms with Crippen LogP contribution >= 0.6 is 23.2 Å². The number of hydrazine groups is 1. The van der Waals surface area contributed by atoms with Crippen LogP contribution in [0.3, 0.4) is 0 Å². The van der Waals surface area contributed by atoms with E-state index in [9.17, 15) is 14.4 Å². The third-order valence-electron chi connectivity index (χ3n) is 7.32. The molecule has 0 heterocycles. The van der Waals surface area contributed by atoms with E-state index < -0.39 is 17.9 Å². The first-order chi connectivity index (χ1) is 15.1. The van der Waals surface area contributed by atoms with Crippen molar-refractivity contribution < 1.29 is 14.4 Å². The Balaban J connectivity index is 1.39. The number of carbonyl (C=O) groups excluding carboxylic acids is 3. The predicted octanol–water partition coefficient (Wildman–Crippen LogP) is 4.50. The van der Waals surface area contributed by atoms with Crippen molar-refractivity contribution in [3.05, 3.63) is 33.8 Å². The summed E-state index contributed by atoms with van der Waals surface area (Å²) in [6.45, 7) is 3.94. The topological polar surface area (TPSA) is 87.3 Å². The normalized spacial score (nSPS) is 29.0. The molecule has 1 aromatic carbocycles. The van der Waals surface area contributed by atoms with E-state index in [4.69, 9.17) is 23.2 Å². The van der Waals surface area contributed by atoms with Gasteiger partial charge in [0.25, 0.3) is 11.8 Å². The maximum absolute atomic E-state index is 13.1. The Morgan fingerprint density at radius 2 is 1.59 bits per heavy atom. The molecule has 3 N–H and O–H groups in total. The number of benzene rings is 1. The van der Waals surface area contributed by atoms with Gasteiger partial charge in [0.05, 0.1) is 16.0 Å². The van der Waals surface area contributed by atoms with Crippen molar-refractivity contribution in [2.75, 3.05) is 0 Å². The second-order valence-corrected chi connectivity index (χ2v) is 11.3. The fourth-order valence-electron chi connectivity index (χ4n) is 6.34. The first-order valence-electron chi connectivity index (χ1n) is 11.5. The molecule has 174 valence electrons. The highest BCUT2D eigenvalue weighted by atomic mass is 35.5. The molecular weight excluding hydrogens is 449 g/mol. The lowest BCUT2D eigenvalue weighted by molar-refractivity contribution is -0.149. The van der Waals surface area contributed by atoms with E-state index in [1.165, 1.54) is 31.4 Å². The number of rotatable bonds is 6. The lowest BCUT2D eigenvalue weighted by atomic mass is 9.49. The zero-order valence-electron chi connectivity index (χ0n) is 18.5. The Morgan fingerprint density at radius 3 is 2.12 bits per heavy atom. The largest absolute Gasteiger partial charge is 0.340 e. The highest BCUT2D eigenvalue weighted by Crippen LogP contribution is 2.60. The average molecular weight is 480 g/mol. The molecule has 32 heavy (non-hydrogen) atoms. The quantitative estimate of drug-likeness (QED) is 0.524. The van der Waals surface area contributed by atoms with E-state index in [2.05, 4.69) is 16.2 Å². The molecule has 6 nitrogen and oxygen atoms in total. The van der Waals surface area contributed by atoms with Gasteiger partial charge in [-0.3, -0.25) is 25.2 Å².